The van der Waals surface area contributed by atoms with Crippen LogP contribution in [0, 0.1) is 5.92 Å². The van der Waals surface area contributed by atoms with Gasteiger partial charge in [0.15, 0.2) is 5.92 Å². The number of hydrogen-bond acceptors (Lipinski definition) is 5. The van der Waals surface area contributed by atoms with E-state index in [2.05, 4.69) is 10.3 Å². The standard InChI is InChI=1S/C14H17N3O4/c1-14(2,3)17-12(19)10(11(18)16-13(17)20)8-15-7-9-5-4-6-21-9/h4-6,8,10H,7H2,1-3H3,(H,16,18,20)/t10-/m1/s1. The molecule has 7 nitrogen and oxygen atoms in total. The summed E-state index contributed by atoms with van der Waals surface area (Å²) in [6, 6.07) is 2.77. The van der Waals surface area contributed by atoms with Crippen LogP contribution in [-0.4, -0.2) is 34.5 Å². The third-order valence-electron chi connectivity index (χ3n) is 2.95. The summed E-state index contributed by atoms with van der Waals surface area (Å²) >= 11 is 0. The van der Waals surface area contributed by atoms with Gasteiger partial charge in [-0.1, -0.05) is 0 Å². The van der Waals surface area contributed by atoms with Crippen molar-refractivity contribution in [1.29, 1.82) is 0 Å². The Morgan fingerprint density at radius 1 is 1.38 bits per heavy atom. The van der Waals surface area contributed by atoms with Crippen LogP contribution in [0.4, 0.5) is 4.79 Å². The third kappa shape index (κ3) is 3.18. The van der Waals surface area contributed by atoms with Gasteiger partial charge in [-0.25, -0.2) is 4.79 Å². The highest BCUT2D eigenvalue weighted by molar-refractivity contribution is 6.23. The van der Waals surface area contributed by atoms with Gasteiger partial charge in [0.05, 0.1) is 12.8 Å². The number of imide groups is 2. The molecule has 1 fully saturated rings. The zero-order chi connectivity index (χ0) is 15.6. The van der Waals surface area contributed by atoms with Crippen molar-refractivity contribution < 1.29 is 18.8 Å². The lowest BCUT2D eigenvalue weighted by molar-refractivity contribution is -0.142. The fourth-order valence-electron chi connectivity index (χ4n) is 2.01. The van der Waals surface area contributed by atoms with Crippen LogP contribution in [0.25, 0.3) is 0 Å². The second-order valence-corrected chi connectivity index (χ2v) is 5.69. The summed E-state index contributed by atoms with van der Waals surface area (Å²) in [7, 11) is 0. The Bertz CT molecular complexity index is 584. The smallest absolute Gasteiger partial charge is 0.331 e. The number of aliphatic imine (C=N–C) groups is 1. The zero-order valence-electron chi connectivity index (χ0n) is 12.1. The van der Waals surface area contributed by atoms with E-state index in [4.69, 9.17) is 4.42 Å². The molecule has 0 bridgehead atoms. The Morgan fingerprint density at radius 2 is 2.10 bits per heavy atom. The van der Waals surface area contributed by atoms with Crippen molar-refractivity contribution in [3.63, 3.8) is 0 Å². The Morgan fingerprint density at radius 3 is 2.67 bits per heavy atom. The van der Waals surface area contributed by atoms with Gasteiger partial charge >= 0.3 is 6.03 Å². The van der Waals surface area contributed by atoms with Crippen molar-refractivity contribution in [3.8, 4) is 0 Å². The van der Waals surface area contributed by atoms with Crippen LogP contribution < -0.4 is 5.32 Å². The van der Waals surface area contributed by atoms with Gasteiger partial charge in [-0.15, -0.1) is 0 Å². The molecule has 1 atom stereocenters. The molecule has 1 aliphatic heterocycles. The normalized spacial score (nSPS) is 20.2. The highest BCUT2D eigenvalue weighted by Crippen LogP contribution is 2.20. The second-order valence-electron chi connectivity index (χ2n) is 5.69. The Kier molecular flexibility index (Phi) is 3.93. The van der Waals surface area contributed by atoms with Crippen LogP contribution in [0.5, 0.6) is 0 Å². The van der Waals surface area contributed by atoms with Crippen LogP contribution in [0.1, 0.15) is 26.5 Å². The molecule has 1 saturated heterocycles. The Labute approximate surface area is 122 Å². The van der Waals surface area contributed by atoms with Gasteiger partial charge in [-0.2, -0.15) is 0 Å². The molecule has 0 saturated carbocycles. The highest BCUT2D eigenvalue weighted by atomic mass is 16.3. The number of urea groups is 1. The number of nitrogens with one attached hydrogen (secondary N) is 1. The summed E-state index contributed by atoms with van der Waals surface area (Å²) in [6.45, 7) is 5.39. The zero-order valence-corrected chi connectivity index (χ0v) is 12.1. The van der Waals surface area contributed by atoms with Crippen LogP contribution >= 0.6 is 0 Å². The Balaban J connectivity index is 2.14. The molecule has 1 aromatic rings. The quantitative estimate of drug-likeness (QED) is 0.672. The first-order chi connectivity index (χ1) is 9.80. The van der Waals surface area contributed by atoms with Gasteiger partial charge in [-0.3, -0.25) is 24.8 Å². The maximum atomic E-state index is 12.3. The molecule has 0 spiro atoms. The number of hydrogen-bond donors (Lipinski definition) is 1. The van der Waals surface area contributed by atoms with Gasteiger partial charge in [-0.05, 0) is 32.9 Å². The van der Waals surface area contributed by atoms with Crippen molar-refractivity contribution in [3.05, 3.63) is 24.2 Å². The van der Waals surface area contributed by atoms with E-state index in [9.17, 15) is 14.4 Å². The van der Waals surface area contributed by atoms with Crippen LogP contribution in [0.3, 0.4) is 0 Å². The molecule has 1 N–H and O–H groups in total. The molecular formula is C14H17N3O4. The minimum Gasteiger partial charge on any atom is -0.467 e. The topological polar surface area (TPSA) is 92.0 Å². The number of barbiturate groups is 1. The molecule has 2 rings (SSSR count). The first-order valence-electron chi connectivity index (χ1n) is 6.52. The fourth-order valence-corrected chi connectivity index (χ4v) is 2.01. The van der Waals surface area contributed by atoms with E-state index < -0.39 is 29.3 Å². The van der Waals surface area contributed by atoms with Crippen LogP contribution in [-0.2, 0) is 16.1 Å². The minimum absolute atomic E-state index is 0.230. The summed E-state index contributed by atoms with van der Waals surface area (Å²) in [6.07, 6.45) is 2.77. The molecule has 2 heterocycles. The Hall–Kier alpha value is -2.44. The predicted octanol–water partition coefficient (Wildman–Crippen LogP) is 1.34. The van der Waals surface area contributed by atoms with E-state index >= 15 is 0 Å². The number of furan rings is 1. The first-order valence-corrected chi connectivity index (χ1v) is 6.52. The van der Waals surface area contributed by atoms with Gasteiger partial charge in [0, 0.05) is 11.8 Å². The molecule has 7 heteroatoms. The molecule has 0 aliphatic carbocycles. The van der Waals surface area contributed by atoms with E-state index in [1.54, 1.807) is 32.9 Å². The summed E-state index contributed by atoms with van der Waals surface area (Å²) < 4.78 is 5.11. The van der Waals surface area contributed by atoms with Gasteiger partial charge in [0.1, 0.15) is 5.76 Å². The van der Waals surface area contributed by atoms with E-state index in [1.165, 1.54) is 12.5 Å². The van der Waals surface area contributed by atoms with Crippen molar-refractivity contribution in [2.45, 2.75) is 32.9 Å². The van der Waals surface area contributed by atoms with Gasteiger partial charge in [0.2, 0.25) is 11.8 Å². The molecule has 112 valence electrons. The fraction of sp³-hybridized carbons (Fsp3) is 0.429. The largest absolute Gasteiger partial charge is 0.467 e. The molecule has 1 aromatic heterocycles. The van der Waals surface area contributed by atoms with Crippen LogP contribution in [0.2, 0.25) is 0 Å². The number of amides is 4. The van der Waals surface area contributed by atoms with Crippen LogP contribution in [0.15, 0.2) is 27.8 Å². The second kappa shape index (κ2) is 5.51. The van der Waals surface area contributed by atoms with Crippen molar-refractivity contribution >= 4 is 24.1 Å². The molecule has 0 aromatic carbocycles. The average molecular weight is 291 g/mol. The molecule has 4 amide bonds. The lowest BCUT2D eigenvalue weighted by Gasteiger charge is -2.37. The molecule has 0 radical (unpaired) electrons. The summed E-state index contributed by atoms with van der Waals surface area (Å²) in [5, 5.41) is 2.17. The van der Waals surface area contributed by atoms with Gasteiger partial charge < -0.3 is 4.42 Å². The van der Waals surface area contributed by atoms with E-state index in [1.807, 2.05) is 0 Å². The summed E-state index contributed by atoms with van der Waals surface area (Å²) in [4.78, 5) is 41.0. The SMILES string of the molecule is CC(C)(C)N1C(=O)NC(=O)[C@@H](C=NCc2ccco2)C1=O. The number of carbonyl (C=O) groups excluding carboxylic acids is 3. The maximum absolute atomic E-state index is 12.3. The van der Waals surface area contributed by atoms with Crippen molar-refractivity contribution in [2.75, 3.05) is 0 Å². The molecule has 0 unspecified atom stereocenters. The van der Waals surface area contributed by atoms with Crippen molar-refractivity contribution in [2.24, 2.45) is 10.9 Å². The third-order valence-corrected chi connectivity index (χ3v) is 2.95. The molecule has 21 heavy (non-hydrogen) atoms. The first kappa shape index (κ1) is 15.0. The highest BCUT2D eigenvalue weighted by Gasteiger charge is 2.44. The van der Waals surface area contributed by atoms with Gasteiger partial charge in [0.25, 0.3) is 0 Å². The number of rotatable bonds is 3. The lowest BCUT2D eigenvalue weighted by atomic mass is 9.99. The van der Waals surface area contributed by atoms with E-state index in [-0.39, 0.29) is 6.54 Å². The summed E-state index contributed by atoms with van der Waals surface area (Å²) in [5.41, 5.74) is -0.713. The number of carbonyl (C=O) groups is 3. The summed E-state index contributed by atoms with van der Waals surface area (Å²) in [5.74, 6) is -1.70. The number of nitrogens with zero attached hydrogens (tertiary/aromatic N) is 2. The van der Waals surface area contributed by atoms with E-state index in [0.717, 1.165) is 4.90 Å². The maximum Gasteiger partial charge on any atom is 0.331 e. The molecule has 1 aliphatic rings. The monoisotopic (exact) mass is 291 g/mol. The predicted molar refractivity (Wildman–Crippen MR) is 74.5 cm³/mol. The lowest BCUT2D eigenvalue weighted by Crippen LogP contribution is -2.63. The molecular weight excluding hydrogens is 274 g/mol. The van der Waals surface area contributed by atoms with Crippen molar-refractivity contribution in [1.82, 2.24) is 10.2 Å². The minimum atomic E-state index is -1.10. The average Bonchev–Trinajstić information content (AvgIpc) is 2.84. The van der Waals surface area contributed by atoms with E-state index in [0.29, 0.717) is 5.76 Å².